The maximum Gasteiger partial charge on any atom is 0.253 e. The van der Waals surface area contributed by atoms with Crippen LogP contribution in [-0.4, -0.2) is 75.9 Å². The van der Waals surface area contributed by atoms with Gasteiger partial charge in [-0.1, -0.05) is 36.0 Å². The Bertz CT molecular complexity index is 934. The van der Waals surface area contributed by atoms with Crippen molar-refractivity contribution in [2.75, 3.05) is 33.2 Å². The van der Waals surface area contributed by atoms with Gasteiger partial charge in [-0.15, -0.1) is 0 Å². The molecule has 0 spiro atoms. The molecule has 1 aromatic heterocycles. The largest absolute Gasteiger partial charge is 0.343 e. The SMILES string of the molecule is CN(C(=O)CCc1nc(CN2CCN(C(=O)c3ccc(Cl)cc3)CC2)no1)C1CCCCC1. The Balaban J connectivity index is 1.20. The number of hydrogen-bond donors (Lipinski definition) is 0. The third-order valence-electron chi connectivity index (χ3n) is 6.69. The molecule has 33 heavy (non-hydrogen) atoms. The summed E-state index contributed by atoms with van der Waals surface area (Å²) in [6, 6.07) is 7.36. The van der Waals surface area contributed by atoms with E-state index >= 15 is 0 Å². The van der Waals surface area contributed by atoms with Crippen LogP contribution in [0.2, 0.25) is 5.02 Å². The molecule has 9 heteroatoms. The van der Waals surface area contributed by atoms with Gasteiger partial charge in [0.25, 0.3) is 5.91 Å². The third kappa shape index (κ3) is 6.32. The van der Waals surface area contributed by atoms with Crippen molar-refractivity contribution in [3.05, 3.63) is 46.6 Å². The van der Waals surface area contributed by atoms with Gasteiger partial charge in [0.1, 0.15) is 0 Å². The van der Waals surface area contributed by atoms with E-state index in [1.807, 2.05) is 16.8 Å². The van der Waals surface area contributed by atoms with Crippen LogP contribution in [-0.2, 0) is 17.8 Å². The Labute approximate surface area is 199 Å². The maximum absolute atomic E-state index is 12.6. The number of piperazine rings is 1. The first-order valence-electron chi connectivity index (χ1n) is 11.8. The minimum absolute atomic E-state index is 0.0241. The first-order chi connectivity index (χ1) is 16.0. The molecule has 0 radical (unpaired) electrons. The van der Waals surface area contributed by atoms with Crippen LogP contribution in [0.1, 0.15) is 60.6 Å². The smallest absolute Gasteiger partial charge is 0.253 e. The van der Waals surface area contributed by atoms with Crippen molar-refractivity contribution in [1.82, 2.24) is 24.8 Å². The molecule has 2 aromatic rings. The zero-order chi connectivity index (χ0) is 23.2. The number of rotatable bonds is 7. The molecule has 0 atom stereocenters. The zero-order valence-corrected chi connectivity index (χ0v) is 20.0. The number of carbonyl (C=O) groups is 2. The highest BCUT2D eigenvalue weighted by atomic mass is 35.5. The quantitative estimate of drug-likeness (QED) is 0.612. The number of aromatic nitrogens is 2. The Morgan fingerprint density at radius 3 is 2.48 bits per heavy atom. The second kappa shape index (κ2) is 11.1. The number of benzene rings is 1. The van der Waals surface area contributed by atoms with Crippen molar-refractivity contribution < 1.29 is 14.1 Å². The summed E-state index contributed by atoms with van der Waals surface area (Å²) in [5.74, 6) is 1.29. The summed E-state index contributed by atoms with van der Waals surface area (Å²) in [5, 5.41) is 4.71. The van der Waals surface area contributed by atoms with Gasteiger partial charge in [-0.05, 0) is 37.1 Å². The number of hydrogen-bond acceptors (Lipinski definition) is 6. The predicted octanol–water partition coefficient (Wildman–Crippen LogP) is 3.40. The highest BCUT2D eigenvalue weighted by molar-refractivity contribution is 6.30. The molecule has 2 heterocycles. The fraction of sp³-hybridized carbons (Fsp3) is 0.583. The lowest BCUT2D eigenvalue weighted by Crippen LogP contribution is -2.48. The van der Waals surface area contributed by atoms with Gasteiger partial charge in [-0.3, -0.25) is 14.5 Å². The van der Waals surface area contributed by atoms with Crippen LogP contribution in [0.3, 0.4) is 0 Å². The number of amides is 2. The van der Waals surface area contributed by atoms with Crippen LogP contribution in [0.5, 0.6) is 0 Å². The summed E-state index contributed by atoms with van der Waals surface area (Å²) in [4.78, 5) is 35.6. The van der Waals surface area contributed by atoms with Gasteiger partial charge < -0.3 is 14.3 Å². The third-order valence-corrected chi connectivity index (χ3v) is 6.95. The van der Waals surface area contributed by atoms with E-state index in [2.05, 4.69) is 15.0 Å². The van der Waals surface area contributed by atoms with Crippen molar-refractivity contribution in [2.24, 2.45) is 0 Å². The van der Waals surface area contributed by atoms with E-state index in [1.54, 1.807) is 24.3 Å². The van der Waals surface area contributed by atoms with Gasteiger partial charge in [0, 0.05) is 62.7 Å². The molecule has 2 fully saturated rings. The molecule has 4 rings (SSSR count). The van der Waals surface area contributed by atoms with Gasteiger partial charge in [0.15, 0.2) is 5.82 Å². The van der Waals surface area contributed by atoms with Crippen LogP contribution in [0.25, 0.3) is 0 Å². The van der Waals surface area contributed by atoms with Gasteiger partial charge in [-0.2, -0.15) is 4.98 Å². The summed E-state index contributed by atoms with van der Waals surface area (Å²) in [6.07, 6.45) is 6.75. The average molecular weight is 474 g/mol. The van der Waals surface area contributed by atoms with E-state index in [0.29, 0.717) is 60.8 Å². The Morgan fingerprint density at radius 1 is 1.09 bits per heavy atom. The summed E-state index contributed by atoms with van der Waals surface area (Å²) >= 11 is 5.91. The molecule has 8 nitrogen and oxygen atoms in total. The molecule has 1 aliphatic carbocycles. The van der Waals surface area contributed by atoms with Gasteiger partial charge in [0.05, 0.1) is 6.54 Å². The Hall–Kier alpha value is -2.45. The minimum atomic E-state index is 0.0241. The van der Waals surface area contributed by atoms with Crippen molar-refractivity contribution >= 4 is 23.4 Å². The van der Waals surface area contributed by atoms with Crippen molar-refractivity contribution in [1.29, 1.82) is 0 Å². The average Bonchev–Trinajstić information content (AvgIpc) is 3.30. The minimum Gasteiger partial charge on any atom is -0.343 e. The molecule has 1 aromatic carbocycles. The fourth-order valence-corrected chi connectivity index (χ4v) is 4.73. The molecule has 0 bridgehead atoms. The van der Waals surface area contributed by atoms with E-state index < -0.39 is 0 Å². The highest BCUT2D eigenvalue weighted by Gasteiger charge is 2.24. The van der Waals surface area contributed by atoms with Crippen molar-refractivity contribution in [3.63, 3.8) is 0 Å². The van der Waals surface area contributed by atoms with Crippen molar-refractivity contribution in [3.8, 4) is 0 Å². The molecule has 2 amide bonds. The number of nitrogens with zero attached hydrogens (tertiary/aromatic N) is 5. The first kappa shape index (κ1) is 23.7. The second-order valence-electron chi connectivity index (χ2n) is 8.98. The van der Waals surface area contributed by atoms with Crippen LogP contribution < -0.4 is 0 Å². The van der Waals surface area contributed by atoms with Gasteiger partial charge in [-0.25, -0.2) is 0 Å². The Kier molecular flexibility index (Phi) is 7.98. The van der Waals surface area contributed by atoms with Gasteiger partial charge >= 0.3 is 0 Å². The summed E-state index contributed by atoms with van der Waals surface area (Å²) in [5.41, 5.74) is 0.652. The first-order valence-corrected chi connectivity index (χ1v) is 12.2. The zero-order valence-electron chi connectivity index (χ0n) is 19.2. The molecule has 178 valence electrons. The fourth-order valence-electron chi connectivity index (χ4n) is 4.60. The van der Waals surface area contributed by atoms with Crippen LogP contribution in [0.15, 0.2) is 28.8 Å². The molecule has 0 N–H and O–H groups in total. The van der Waals surface area contributed by atoms with E-state index in [-0.39, 0.29) is 11.8 Å². The molecule has 1 aliphatic heterocycles. The van der Waals surface area contributed by atoms with Crippen LogP contribution >= 0.6 is 11.6 Å². The van der Waals surface area contributed by atoms with Crippen LogP contribution in [0.4, 0.5) is 0 Å². The molecular weight excluding hydrogens is 442 g/mol. The molecule has 0 unspecified atom stereocenters. The molecule has 2 aliphatic rings. The monoisotopic (exact) mass is 473 g/mol. The number of carbonyl (C=O) groups excluding carboxylic acids is 2. The van der Waals surface area contributed by atoms with Crippen molar-refractivity contribution in [2.45, 2.75) is 57.5 Å². The Morgan fingerprint density at radius 2 is 1.79 bits per heavy atom. The van der Waals surface area contributed by atoms with E-state index in [1.165, 1.54) is 19.3 Å². The van der Waals surface area contributed by atoms with Gasteiger partial charge in [0.2, 0.25) is 11.8 Å². The highest BCUT2D eigenvalue weighted by Crippen LogP contribution is 2.22. The van der Waals surface area contributed by atoms with E-state index in [9.17, 15) is 9.59 Å². The summed E-state index contributed by atoms with van der Waals surface area (Å²) in [7, 11) is 1.91. The lowest BCUT2D eigenvalue weighted by molar-refractivity contribution is -0.132. The maximum atomic E-state index is 12.6. The number of aryl methyl sites for hydroxylation is 1. The number of halogens is 1. The molecule has 1 saturated carbocycles. The lowest BCUT2D eigenvalue weighted by atomic mass is 9.94. The topological polar surface area (TPSA) is 82.8 Å². The summed E-state index contributed by atoms with van der Waals surface area (Å²) in [6.45, 7) is 3.35. The van der Waals surface area contributed by atoms with E-state index in [4.69, 9.17) is 16.1 Å². The standard InChI is InChI=1S/C24H32ClN5O3/c1-28(20-5-3-2-4-6-20)23(31)12-11-22-26-21(27-33-22)17-29-13-15-30(16-14-29)24(32)18-7-9-19(25)10-8-18/h7-10,20H,2-6,11-17H2,1H3. The molecule has 1 saturated heterocycles. The van der Waals surface area contributed by atoms with Crippen LogP contribution in [0, 0.1) is 0 Å². The normalized spacial score (nSPS) is 17.8. The summed E-state index contributed by atoms with van der Waals surface area (Å²) < 4.78 is 5.37. The second-order valence-corrected chi connectivity index (χ2v) is 9.41. The lowest BCUT2D eigenvalue weighted by Gasteiger charge is -2.34. The molecular formula is C24H32ClN5O3. The predicted molar refractivity (Wildman–Crippen MR) is 125 cm³/mol. The van der Waals surface area contributed by atoms with E-state index in [0.717, 1.165) is 25.9 Å².